The highest BCUT2D eigenvalue weighted by Gasteiger charge is 2.22. The van der Waals surface area contributed by atoms with Gasteiger partial charge in [0.2, 0.25) is 5.89 Å². The Bertz CT molecular complexity index is 954. The summed E-state index contributed by atoms with van der Waals surface area (Å²) in [7, 11) is 0. The lowest BCUT2D eigenvalue weighted by Gasteiger charge is -2.15. The van der Waals surface area contributed by atoms with E-state index in [9.17, 15) is 0 Å². The topological polar surface area (TPSA) is 71.7 Å². The monoisotopic (exact) mass is 390 g/mol. The molecule has 6 heteroatoms. The smallest absolute Gasteiger partial charge is 0.226 e. The summed E-state index contributed by atoms with van der Waals surface area (Å²) in [4.78, 5) is 9.18. The summed E-state index contributed by atoms with van der Waals surface area (Å²) in [6, 6.07) is 16.3. The minimum absolute atomic E-state index is 0.108. The van der Waals surface area contributed by atoms with Gasteiger partial charge < -0.3 is 19.8 Å². The molecule has 2 N–H and O–H groups in total. The zero-order chi connectivity index (χ0) is 20.1. The highest BCUT2D eigenvalue weighted by atomic mass is 16.5. The number of aliphatic imine (C=N–C) groups is 1. The summed E-state index contributed by atoms with van der Waals surface area (Å²) in [6.07, 6.45) is 2.68. The molecule has 4 rings (SSSR count). The maximum Gasteiger partial charge on any atom is 0.226 e. The fourth-order valence-corrected chi connectivity index (χ4v) is 3.29. The van der Waals surface area contributed by atoms with E-state index in [1.165, 1.54) is 11.1 Å². The Balaban J connectivity index is 1.35. The molecular formula is C23H26N4O2. The quantitative estimate of drug-likeness (QED) is 0.496. The van der Waals surface area contributed by atoms with Crippen molar-refractivity contribution in [2.45, 2.75) is 32.9 Å². The van der Waals surface area contributed by atoms with Gasteiger partial charge in [-0.05, 0) is 37.6 Å². The van der Waals surface area contributed by atoms with Crippen LogP contribution in [-0.4, -0.2) is 30.1 Å². The number of para-hydroxylation sites is 1. The van der Waals surface area contributed by atoms with E-state index in [1.807, 2.05) is 49.4 Å². The van der Waals surface area contributed by atoms with Gasteiger partial charge in [-0.15, -0.1) is 0 Å². The fourth-order valence-electron chi connectivity index (χ4n) is 3.29. The molecule has 0 aliphatic carbocycles. The number of oxazole rings is 1. The summed E-state index contributed by atoms with van der Waals surface area (Å²) >= 11 is 0. The largest absolute Gasteiger partial charge is 0.488 e. The van der Waals surface area contributed by atoms with E-state index in [0.717, 1.165) is 35.9 Å². The van der Waals surface area contributed by atoms with Gasteiger partial charge in [-0.3, -0.25) is 0 Å². The number of aromatic nitrogens is 1. The number of ether oxygens (including phenoxy) is 1. The Hall–Kier alpha value is -3.28. The van der Waals surface area contributed by atoms with Crippen LogP contribution in [0.4, 0.5) is 0 Å². The molecule has 1 aromatic heterocycles. The number of aryl methyl sites for hydroxylation is 1. The van der Waals surface area contributed by atoms with Crippen LogP contribution in [-0.2, 0) is 13.0 Å². The SMILES string of the molecule is CCNC(=NCc1coc(-c2ccc(C)cc2)n1)NCC1Cc2ccccc2O1. The lowest BCUT2D eigenvalue weighted by molar-refractivity contribution is 0.235. The van der Waals surface area contributed by atoms with Crippen molar-refractivity contribution in [3.05, 3.63) is 71.6 Å². The molecule has 0 saturated carbocycles. The van der Waals surface area contributed by atoms with Crippen molar-refractivity contribution in [1.82, 2.24) is 15.6 Å². The molecule has 1 aliphatic heterocycles. The first-order chi connectivity index (χ1) is 14.2. The van der Waals surface area contributed by atoms with Crippen molar-refractivity contribution in [2.75, 3.05) is 13.1 Å². The maximum absolute atomic E-state index is 5.99. The van der Waals surface area contributed by atoms with Crippen LogP contribution in [0.2, 0.25) is 0 Å². The van der Waals surface area contributed by atoms with Crippen LogP contribution in [0.1, 0.15) is 23.7 Å². The minimum Gasteiger partial charge on any atom is -0.488 e. The second-order valence-electron chi connectivity index (χ2n) is 7.14. The molecular weight excluding hydrogens is 364 g/mol. The second kappa shape index (κ2) is 8.82. The van der Waals surface area contributed by atoms with Crippen LogP contribution in [0, 0.1) is 6.92 Å². The number of hydrogen-bond donors (Lipinski definition) is 2. The number of nitrogens with one attached hydrogen (secondary N) is 2. The number of guanidine groups is 1. The molecule has 2 aromatic carbocycles. The van der Waals surface area contributed by atoms with Crippen LogP contribution in [0.5, 0.6) is 5.75 Å². The number of rotatable bonds is 6. The van der Waals surface area contributed by atoms with Crippen LogP contribution in [0.25, 0.3) is 11.5 Å². The third-order valence-electron chi connectivity index (χ3n) is 4.80. The number of nitrogens with zero attached hydrogens (tertiary/aromatic N) is 2. The van der Waals surface area contributed by atoms with E-state index in [1.54, 1.807) is 6.26 Å². The Morgan fingerprint density at radius 3 is 2.76 bits per heavy atom. The van der Waals surface area contributed by atoms with E-state index < -0.39 is 0 Å². The average Bonchev–Trinajstić information content (AvgIpc) is 3.37. The first-order valence-corrected chi connectivity index (χ1v) is 9.99. The molecule has 0 spiro atoms. The van der Waals surface area contributed by atoms with Crippen LogP contribution in [0.3, 0.4) is 0 Å². The van der Waals surface area contributed by atoms with Gasteiger partial charge >= 0.3 is 0 Å². The van der Waals surface area contributed by atoms with Gasteiger partial charge in [-0.1, -0.05) is 35.9 Å². The molecule has 6 nitrogen and oxygen atoms in total. The number of benzene rings is 2. The third kappa shape index (κ3) is 4.77. The standard InChI is InChI=1S/C23H26N4O2/c1-3-24-23(26-14-20-12-18-6-4-5-7-21(18)29-20)25-13-19-15-28-22(27-19)17-10-8-16(2)9-11-17/h4-11,15,20H,3,12-14H2,1-2H3,(H2,24,25,26). The van der Waals surface area contributed by atoms with Crippen molar-refractivity contribution >= 4 is 5.96 Å². The van der Waals surface area contributed by atoms with Crippen LogP contribution >= 0.6 is 0 Å². The highest BCUT2D eigenvalue weighted by Crippen LogP contribution is 2.27. The van der Waals surface area contributed by atoms with Crippen LogP contribution < -0.4 is 15.4 Å². The summed E-state index contributed by atoms with van der Waals surface area (Å²) in [5.41, 5.74) is 4.23. The van der Waals surface area contributed by atoms with E-state index >= 15 is 0 Å². The van der Waals surface area contributed by atoms with Gasteiger partial charge in [0.1, 0.15) is 23.8 Å². The fraction of sp³-hybridized carbons (Fsp3) is 0.304. The second-order valence-corrected chi connectivity index (χ2v) is 7.14. The average molecular weight is 390 g/mol. The van der Waals surface area contributed by atoms with Crippen molar-refractivity contribution in [3.63, 3.8) is 0 Å². The van der Waals surface area contributed by atoms with Gasteiger partial charge in [0.25, 0.3) is 0 Å². The molecule has 1 atom stereocenters. The predicted molar refractivity (Wildman–Crippen MR) is 114 cm³/mol. The van der Waals surface area contributed by atoms with E-state index in [2.05, 4.69) is 33.6 Å². The van der Waals surface area contributed by atoms with Crippen LogP contribution in [0.15, 0.2) is 64.2 Å². The maximum atomic E-state index is 5.99. The molecule has 1 unspecified atom stereocenters. The molecule has 0 amide bonds. The molecule has 1 aliphatic rings. The summed E-state index contributed by atoms with van der Waals surface area (Å²) < 4.78 is 11.6. The Morgan fingerprint density at radius 1 is 1.14 bits per heavy atom. The predicted octanol–water partition coefficient (Wildman–Crippen LogP) is 3.71. The highest BCUT2D eigenvalue weighted by molar-refractivity contribution is 5.79. The van der Waals surface area contributed by atoms with E-state index in [0.29, 0.717) is 19.0 Å². The summed E-state index contributed by atoms with van der Waals surface area (Å²) in [6.45, 7) is 6.02. The molecule has 0 bridgehead atoms. The zero-order valence-corrected chi connectivity index (χ0v) is 16.8. The molecule has 0 radical (unpaired) electrons. The molecule has 0 saturated heterocycles. The van der Waals surface area contributed by atoms with Gasteiger partial charge in [0.05, 0.1) is 13.1 Å². The molecule has 2 heterocycles. The Kier molecular flexibility index (Phi) is 5.79. The lowest BCUT2D eigenvalue weighted by atomic mass is 10.1. The van der Waals surface area contributed by atoms with Crippen molar-refractivity contribution in [3.8, 4) is 17.2 Å². The van der Waals surface area contributed by atoms with E-state index in [-0.39, 0.29) is 6.10 Å². The van der Waals surface area contributed by atoms with Gasteiger partial charge in [0, 0.05) is 18.5 Å². The van der Waals surface area contributed by atoms with Crippen molar-refractivity contribution in [1.29, 1.82) is 0 Å². The minimum atomic E-state index is 0.108. The first kappa shape index (κ1) is 19.1. The first-order valence-electron chi connectivity index (χ1n) is 9.99. The molecule has 150 valence electrons. The lowest BCUT2D eigenvalue weighted by Crippen LogP contribution is -2.42. The number of hydrogen-bond acceptors (Lipinski definition) is 4. The molecule has 3 aromatic rings. The van der Waals surface area contributed by atoms with E-state index in [4.69, 9.17) is 9.15 Å². The Morgan fingerprint density at radius 2 is 1.97 bits per heavy atom. The summed E-state index contributed by atoms with van der Waals surface area (Å²) in [5.74, 6) is 2.34. The van der Waals surface area contributed by atoms with Crippen molar-refractivity contribution in [2.24, 2.45) is 4.99 Å². The zero-order valence-electron chi connectivity index (χ0n) is 16.8. The molecule has 0 fully saturated rings. The van der Waals surface area contributed by atoms with Gasteiger partial charge in [0.15, 0.2) is 5.96 Å². The Labute approximate surface area is 171 Å². The summed E-state index contributed by atoms with van der Waals surface area (Å²) in [5, 5.41) is 6.64. The normalized spacial score (nSPS) is 15.7. The number of fused-ring (bicyclic) bond motifs is 1. The van der Waals surface area contributed by atoms with Crippen molar-refractivity contribution < 1.29 is 9.15 Å². The third-order valence-corrected chi connectivity index (χ3v) is 4.80. The van der Waals surface area contributed by atoms with Gasteiger partial charge in [-0.25, -0.2) is 9.98 Å². The molecule has 29 heavy (non-hydrogen) atoms. The van der Waals surface area contributed by atoms with Gasteiger partial charge in [-0.2, -0.15) is 0 Å².